The highest BCUT2D eigenvalue weighted by Crippen LogP contribution is 2.32. The molecule has 0 aliphatic heterocycles. The standard InChI is InChI=1S/C8H7F3N2O/c1-12-7-2-6(8(9,10)11)5(4-14)3-13-7/h2-4H,1H3,(H,12,13). The van der Waals surface area contributed by atoms with Gasteiger partial charge in [-0.1, -0.05) is 0 Å². The van der Waals surface area contributed by atoms with Gasteiger partial charge in [-0.2, -0.15) is 13.2 Å². The Labute approximate surface area is 78.0 Å². The van der Waals surface area contributed by atoms with Crippen LogP contribution in [0.4, 0.5) is 19.0 Å². The van der Waals surface area contributed by atoms with Crippen molar-refractivity contribution in [3.8, 4) is 0 Å². The van der Waals surface area contributed by atoms with Crippen LogP contribution in [0.1, 0.15) is 15.9 Å². The first-order valence-electron chi connectivity index (χ1n) is 3.69. The first kappa shape index (κ1) is 10.5. The summed E-state index contributed by atoms with van der Waals surface area (Å²) in [6.07, 6.45) is -3.51. The molecule has 0 saturated heterocycles. The van der Waals surface area contributed by atoms with Crippen molar-refractivity contribution >= 4 is 12.1 Å². The third kappa shape index (κ3) is 2.01. The Morgan fingerprint density at radius 3 is 2.57 bits per heavy atom. The van der Waals surface area contributed by atoms with Gasteiger partial charge in [-0.3, -0.25) is 4.79 Å². The van der Waals surface area contributed by atoms with E-state index in [1.54, 1.807) is 0 Å². The topological polar surface area (TPSA) is 42.0 Å². The van der Waals surface area contributed by atoms with Crippen LogP contribution in [0, 0.1) is 0 Å². The number of nitrogens with one attached hydrogen (secondary N) is 1. The molecule has 0 atom stereocenters. The molecule has 0 aromatic carbocycles. The molecule has 0 amide bonds. The van der Waals surface area contributed by atoms with E-state index in [2.05, 4.69) is 10.3 Å². The van der Waals surface area contributed by atoms with E-state index in [0.717, 1.165) is 12.3 Å². The summed E-state index contributed by atoms with van der Waals surface area (Å²) in [5, 5.41) is 2.46. The summed E-state index contributed by atoms with van der Waals surface area (Å²) in [5.41, 5.74) is -1.44. The molecule has 0 bridgehead atoms. The average Bonchev–Trinajstić information content (AvgIpc) is 2.15. The van der Waals surface area contributed by atoms with Crippen LogP contribution in [0.5, 0.6) is 0 Å². The van der Waals surface area contributed by atoms with Crippen molar-refractivity contribution in [2.75, 3.05) is 12.4 Å². The zero-order valence-electron chi connectivity index (χ0n) is 7.22. The maximum Gasteiger partial charge on any atom is 0.417 e. The molecule has 1 heterocycles. The summed E-state index contributed by atoms with van der Waals surface area (Å²) in [6, 6.07) is 0.795. The number of hydrogen-bond donors (Lipinski definition) is 1. The minimum atomic E-state index is -4.54. The number of halogens is 3. The third-order valence-corrected chi connectivity index (χ3v) is 1.62. The van der Waals surface area contributed by atoms with E-state index in [1.165, 1.54) is 7.05 Å². The van der Waals surface area contributed by atoms with Crippen molar-refractivity contribution < 1.29 is 18.0 Å². The van der Waals surface area contributed by atoms with Crippen molar-refractivity contribution in [3.63, 3.8) is 0 Å². The van der Waals surface area contributed by atoms with Crippen molar-refractivity contribution in [1.29, 1.82) is 0 Å². The third-order valence-electron chi connectivity index (χ3n) is 1.62. The van der Waals surface area contributed by atoms with Crippen LogP contribution < -0.4 is 5.32 Å². The fraction of sp³-hybridized carbons (Fsp3) is 0.250. The molecule has 0 unspecified atom stereocenters. The number of hydrogen-bond acceptors (Lipinski definition) is 3. The normalized spacial score (nSPS) is 11.1. The lowest BCUT2D eigenvalue weighted by Gasteiger charge is -2.10. The molecule has 0 spiro atoms. The fourth-order valence-corrected chi connectivity index (χ4v) is 0.942. The van der Waals surface area contributed by atoms with Crippen LogP contribution in [0.3, 0.4) is 0 Å². The van der Waals surface area contributed by atoms with Gasteiger partial charge in [-0.05, 0) is 6.07 Å². The molecule has 14 heavy (non-hydrogen) atoms. The predicted molar refractivity (Wildman–Crippen MR) is 44.2 cm³/mol. The highest BCUT2D eigenvalue weighted by Gasteiger charge is 2.33. The summed E-state index contributed by atoms with van der Waals surface area (Å²) >= 11 is 0. The number of aromatic nitrogens is 1. The molecular weight excluding hydrogens is 197 g/mol. The number of carbonyl (C=O) groups is 1. The van der Waals surface area contributed by atoms with Gasteiger partial charge in [-0.25, -0.2) is 4.98 Å². The monoisotopic (exact) mass is 204 g/mol. The fourth-order valence-electron chi connectivity index (χ4n) is 0.942. The molecule has 6 heteroatoms. The zero-order chi connectivity index (χ0) is 10.8. The Bertz CT molecular complexity index is 349. The van der Waals surface area contributed by atoms with Gasteiger partial charge in [0.25, 0.3) is 0 Å². The summed E-state index contributed by atoms with van der Waals surface area (Å²) in [5.74, 6) is 0.0722. The van der Waals surface area contributed by atoms with Gasteiger partial charge in [0.1, 0.15) is 5.82 Å². The second-order valence-electron chi connectivity index (χ2n) is 2.52. The minimum absolute atomic E-state index is 0.0722. The first-order chi connectivity index (χ1) is 6.49. The maximum absolute atomic E-state index is 12.3. The Hall–Kier alpha value is -1.59. The number of anilines is 1. The smallest absolute Gasteiger partial charge is 0.373 e. The molecule has 0 aliphatic carbocycles. The Balaban J connectivity index is 3.29. The number of nitrogens with zero attached hydrogens (tertiary/aromatic N) is 1. The largest absolute Gasteiger partial charge is 0.417 e. The van der Waals surface area contributed by atoms with Crippen LogP contribution in [0.25, 0.3) is 0 Å². The summed E-state index contributed by atoms with van der Waals surface area (Å²) in [6.45, 7) is 0. The number of rotatable bonds is 2. The zero-order valence-corrected chi connectivity index (χ0v) is 7.22. The van der Waals surface area contributed by atoms with E-state index in [-0.39, 0.29) is 12.1 Å². The molecule has 0 fully saturated rings. The Morgan fingerprint density at radius 2 is 2.14 bits per heavy atom. The molecule has 1 rings (SSSR count). The molecule has 1 aromatic heterocycles. The summed E-state index contributed by atoms with van der Waals surface area (Å²) in [7, 11) is 1.45. The van der Waals surface area contributed by atoms with Crippen LogP contribution in [-0.2, 0) is 6.18 Å². The van der Waals surface area contributed by atoms with Gasteiger partial charge >= 0.3 is 6.18 Å². The molecule has 1 N–H and O–H groups in total. The predicted octanol–water partition coefficient (Wildman–Crippen LogP) is 1.95. The second-order valence-corrected chi connectivity index (χ2v) is 2.52. The van der Waals surface area contributed by atoms with Gasteiger partial charge in [-0.15, -0.1) is 0 Å². The lowest BCUT2D eigenvalue weighted by Crippen LogP contribution is -2.10. The summed E-state index contributed by atoms with van der Waals surface area (Å²) in [4.78, 5) is 13.9. The second kappa shape index (κ2) is 3.65. The van der Waals surface area contributed by atoms with Crippen molar-refractivity contribution in [3.05, 3.63) is 23.4 Å². The number of alkyl halides is 3. The lowest BCUT2D eigenvalue weighted by molar-refractivity contribution is -0.137. The van der Waals surface area contributed by atoms with E-state index < -0.39 is 17.3 Å². The Kier molecular flexibility index (Phi) is 2.73. The van der Waals surface area contributed by atoms with Gasteiger partial charge < -0.3 is 5.32 Å². The number of carbonyl (C=O) groups excluding carboxylic acids is 1. The molecule has 76 valence electrons. The van der Waals surface area contributed by atoms with Gasteiger partial charge in [0.15, 0.2) is 6.29 Å². The van der Waals surface area contributed by atoms with Crippen molar-refractivity contribution in [2.24, 2.45) is 0 Å². The maximum atomic E-state index is 12.3. The molecule has 1 aromatic rings. The van der Waals surface area contributed by atoms with Crippen LogP contribution in [0.15, 0.2) is 12.3 Å². The van der Waals surface area contributed by atoms with Crippen molar-refractivity contribution in [1.82, 2.24) is 4.98 Å². The highest BCUT2D eigenvalue weighted by atomic mass is 19.4. The van der Waals surface area contributed by atoms with E-state index >= 15 is 0 Å². The minimum Gasteiger partial charge on any atom is -0.373 e. The molecule has 0 radical (unpaired) electrons. The average molecular weight is 204 g/mol. The van der Waals surface area contributed by atoms with Gasteiger partial charge in [0.05, 0.1) is 5.56 Å². The van der Waals surface area contributed by atoms with E-state index in [0.29, 0.717) is 0 Å². The Morgan fingerprint density at radius 1 is 1.50 bits per heavy atom. The molecule has 3 nitrogen and oxygen atoms in total. The van der Waals surface area contributed by atoms with Crippen LogP contribution >= 0.6 is 0 Å². The molecule has 0 saturated carbocycles. The molecular formula is C8H7F3N2O. The van der Waals surface area contributed by atoms with Gasteiger partial charge in [0.2, 0.25) is 0 Å². The summed E-state index contributed by atoms with van der Waals surface area (Å²) < 4.78 is 37.0. The molecule has 0 aliphatic rings. The highest BCUT2D eigenvalue weighted by molar-refractivity contribution is 5.77. The first-order valence-corrected chi connectivity index (χ1v) is 3.69. The van der Waals surface area contributed by atoms with Gasteiger partial charge in [0, 0.05) is 18.8 Å². The van der Waals surface area contributed by atoms with E-state index in [9.17, 15) is 18.0 Å². The number of pyridine rings is 1. The van der Waals surface area contributed by atoms with Crippen molar-refractivity contribution in [2.45, 2.75) is 6.18 Å². The lowest BCUT2D eigenvalue weighted by atomic mass is 10.1. The number of aldehydes is 1. The van der Waals surface area contributed by atoms with E-state index in [1.807, 2.05) is 0 Å². The SMILES string of the molecule is CNc1cc(C(F)(F)F)c(C=O)cn1. The van der Waals surface area contributed by atoms with Crippen LogP contribution in [0.2, 0.25) is 0 Å². The van der Waals surface area contributed by atoms with E-state index in [4.69, 9.17) is 0 Å². The van der Waals surface area contributed by atoms with Crippen LogP contribution in [-0.4, -0.2) is 18.3 Å². The quantitative estimate of drug-likeness (QED) is 0.748.